The van der Waals surface area contributed by atoms with Crippen LogP contribution in [0.1, 0.15) is 54.2 Å². The lowest BCUT2D eigenvalue weighted by Gasteiger charge is -2.19. The van der Waals surface area contributed by atoms with Crippen LogP contribution < -0.4 is 5.32 Å². The lowest BCUT2D eigenvalue weighted by atomic mass is 9.86. The van der Waals surface area contributed by atoms with Gasteiger partial charge in [-0.05, 0) is 52.9 Å². The van der Waals surface area contributed by atoms with E-state index in [0.29, 0.717) is 22.4 Å². The number of rotatable bonds is 5. The molecule has 1 heterocycles. The Balaban J connectivity index is 1.62. The van der Waals surface area contributed by atoms with Crippen molar-refractivity contribution in [2.45, 2.75) is 32.2 Å². The summed E-state index contributed by atoms with van der Waals surface area (Å²) in [7, 11) is 0. The first-order chi connectivity index (χ1) is 15.3. The van der Waals surface area contributed by atoms with Crippen LogP contribution in [-0.2, 0) is 5.41 Å². The number of nitrogens with one attached hydrogen (secondary N) is 1. The van der Waals surface area contributed by atoms with Crippen LogP contribution in [0, 0.1) is 0 Å². The average Bonchev–Trinajstić information content (AvgIpc) is 3.28. The smallest absolute Gasteiger partial charge is 0.252 e. The topological polar surface area (TPSA) is 68.0 Å². The predicted molar refractivity (Wildman–Crippen MR) is 126 cm³/mol. The first kappa shape index (κ1) is 21.8. The van der Waals surface area contributed by atoms with Gasteiger partial charge in [0, 0.05) is 16.1 Å². The monoisotopic (exact) mass is 445 g/mol. The molecule has 0 saturated carbocycles. The van der Waals surface area contributed by atoms with E-state index in [4.69, 9.17) is 16.0 Å². The van der Waals surface area contributed by atoms with E-state index in [9.17, 15) is 4.79 Å². The summed E-state index contributed by atoms with van der Waals surface area (Å²) in [6.45, 7) is 6.42. The van der Waals surface area contributed by atoms with Crippen LogP contribution in [0.15, 0.2) is 83.3 Å². The zero-order valence-electron chi connectivity index (χ0n) is 18.2. The highest BCUT2D eigenvalue weighted by atomic mass is 35.5. The quantitative estimate of drug-likeness (QED) is 0.396. The maximum atomic E-state index is 13.1. The SMILES string of the molecule is CC(C)(C)c1ccc(C(=O)N[C@@H](c2ccccc2)c2nnc(-c3ccc(Cl)cc3)o2)cc1. The Morgan fingerprint density at radius 3 is 2.19 bits per heavy atom. The van der Waals surface area contributed by atoms with Gasteiger partial charge in [-0.3, -0.25) is 4.79 Å². The number of hydrogen-bond donors (Lipinski definition) is 1. The molecule has 0 bridgehead atoms. The highest BCUT2D eigenvalue weighted by molar-refractivity contribution is 6.30. The minimum atomic E-state index is -0.584. The fourth-order valence-corrected chi connectivity index (χ4v) is 3.46. The summed E-state index contributed by atoms with van der Waals surface area (Å²) in [6, 6.07) is 23.8. The maximum absolute atomic E-state index is 13.1. The molecule has 1 aromatic heterocycles. The number of nitrogens with zero attached hydrogens (tertiary/aromatic N) is 2. The summed E-state index contributed by atoms with van der Waals surface area (Å²) < 4.78 is 5.95. The number of hydrogen-bond acceptors (Lipinski definition) is 4. The Bertz CT molecular complexity index is 1190. The minimum Gasteiger partial charge on any atom is -0.418 e. The van der Waals surface area contributed by atoms with E-state index in [1.165, 1.54) is 0 Å². The number of carbonyl (C=O) groups excluding carboxylic acids is 1. The maximum Gasteiger partial charge on any atom is 0.252 e. The van der Waals surface area contributed by atoms with Gasteiger partial charge >= 0.3 is 0 Å². The van der Waals surface area contributed by atoms with Crippen molar-refractivity contribution in [3.63, 3.8) is 0 Å². The number of amides is 1. The first-order valence-corrected chi connectivity index (χ1v) is 10.7. The summed E-state index contributed by atoms with van der Waals surface area (Å²) in [5, 5.41) is 12.1. The third-order valence-corrected chi connectivity index (χ3v) is 5.45. The molecule has 6 heteroatoms. The van der Waals surface area contributed by atoms with Gasteiger partial charge in [-0.15, -0.1) is 10.2 Å². The zero-order chi connectivity index (χ0) is 22.7. The van der Waals surface area contributed by atoms with Crippen molar-refractivity contribution < 1.29 is 9.21 Å². The zero-order valence-corrected chi connectivity index (χ0v) is 18.9. The third kappa shape index (κ3) is 4.89. The Morgan fingerprint density at radius 1 is 0.906 bits per heavy atom. The molecule has 1 N–H and O–H groups in total. The molecule has 0 unspecified atom stereocenters. The fourth-order valence-electron chi connectivity index (χ4n) is 3.33. The number of carbonyl (C=O) groups is 1. The Morgan fingerprint density at radius 2 is 1.56 bits per heavy atom. The summed E-state index contributed by atoms with van der Waals surface area (Å²) >= 11 is 5.97. The lowest BCUT2D eigenvalue weighted by molar-refractivity contribution is 0.0938. The van der Waals surface area contributed by atoms with Crippen LogP contribution in [-0.4, -0.2) is 16.1 Å². The summed E-state index contributed by atoms with van der Waals surface area (Å²) in [4.78, 5) is 13.1. The highest BCUT2D eigenvalue weighted by Gasteiger charge is 2.24. The molecule has 1 amide bonds. The van der Waals surface area contributed by atoms with E-state index in [-0.39, 0.29) is 11.3 Å². The van der Waals surface area contributed by atoms with Crippen LogP contribution in [0.3, 0.4) is 0 Å². The molecule has 0 aliphatic carbocycles. The number of benzene rings is 3. The molecular weight excluding hydrogens is 422 g/mol. The molecule has 1 atom stereocenters. The van der Waals surface area contributed by atoms with E-state index in [1.807, 2.05) is 66.7 Å². The van der Waals surface area contributed by atoms with Crippen LogP contribution in [0.25, 0.3) is 11.5 Å². The molecule has 0 aliphatic rings. The normalized spacial score (nSPS) is 12.4. The van der Waals surface area contributed by atoms with Crippen LogP contribution >= 0.6 is 11.6 Å². The summed E-state index contributed by atoms with van der Waals surface area (Å²) in [6.07, 6.45) is 0. The molecule has 4 aromatic rings. The second kappa shape index (κ2) is 8.97. The van der Waals surface area contributed by atoms with E-state index in [2.05, 4.69) is 36.3 Å². The van der Waals surface area contributed by atoms with Crippen LogP contribution in [0.2, 0.25) is 5.02 Å². The summed E-state index contributed by atoms with van der Waals surface area (Å²) in [5.74, 6) is 0.452. The first-order valence-electron chi connectivity index (χ1n) is 10.4. The molecule has 0 saturated heterocycles. The van der Waals surface area contributed by atoms with Gasteiger partial charge in [-0.1, -0.05) is 74.8 Å². The Hall–Kier alpha value is -3.44. The largest absolute Gasteiger partial charge is 0.418 e. The van der Waals surface area contributed by atoms with Gasteiger partial charge in [-0.25, -0.2) is 0 Å². The molecule has 0 aliphatic heterocycles. The van der Waals surface area contributed by atoms with Gasteiger partial charge in [-0.2, -0.15) is 0 Å². The van der Waals surface area contributed by atoms with Crippen LogP contribution in [0.5, 0.6) is 0 Å². The van der Waals surface area contributed by atoms with Crippen molar-refractivity contribution in [3.05, 3.63) is 106 Å². The van der Waals surface area contributed by atoms with Gasteiger partial charge in [0.25, 0.3) is 5.91 Å². The van der Waals surface area contributed by atoms with Crippen molar-refractivity contribution in [1.82, 2.24) is 15.5 Å². The standard InChI is InChI=1S/C26H24ClN3O2/c1-26(2,3)20-13-9-18(10-14-20)23(31)28-22(17-7-5-4-6-8-17)25-30-29-24(32-25)19-11-15-21(27)16-12-19/h4-16,22H,1-3H3,(H,28,31)/t22-/m0/s1. The van der Waals surface area contributed by atoms with Crippen LogP contribution in [0.4, 0.5) is 0 Å². The second-order valence-corrected chi connectivity index (χ2v) is 9.03. The van der Waals surface area contributed by atoms with E-state index in [1.54, 1.807) is 12.1 Å². The molecule has 162 valence electrons. The second-order valence-electron chi connectivity index (χ2n) is 8.60. The van der Waals surface area contributed by atoms with Crippen molar-refractivity contribution in [1.29, 1.82) is 0 Å². The minimum absolute atomic E-state index is 0.0173. The van der Waals surface area contributed by atoms with Crippen molar-refractivity contribution in [3.8, 4) is 11.5 Å². The van der Waals surface area contributed by atoms with Gasteiger partial charge in [0.2, 0.25) is 11.8 Å². The van der Waals surface area contributed by atoms with Gasteiger partial charge < -0.3 is 9.73 Å². The van der Waals surface area contributed by atoms with Crippen molar-refractivity contribution in [2.24, 2.45) is 0 Å². The molecule has 5 nitrogen and oxygen atoms in total. The lowest BCUT2D eigenvalue weighted by Crippen LogP contribution is -2.29. The fraction of sp³-hybridized carbons (Fsp3) is 0.192. The highest BCUT2D eigenvalue weighted by Crippen LogP contribution is 2.27. The molecule has 4 rings (SSSR count). The third-order valence-electron chi connectivity index (χ3n) is 5.20. The van der Waals surface area contributed by atoms with E-state index >= 15 is 0 Å². The molecule has 0 fully saturated rings. The van der Waals surface area contributed by atoms with E-state index in [0.717, 1.165) is 16.7 Å². The predicted octanol–water partition coefficient (Wildman–Crippen LogP) is 6.21. The molecular formula is C26H24ClN3O2. The van der Waals surface area contributed by atoms with Gasteiger partial charge in [0.05, 0.1) is 0 Å². The number of halogens is 1. The summed E-state index contributed by atoms with van der Waals surface area (Å²) in [5.41, 5.74) is 3.35. The van der Waals surface area contributed by atoms with Gasteiger partial charge in [0.15, 0.2) is 0 Å². The Kier molecular flexibility index (Phi) is 6.10. The average molecular weight is 446 g/mol. The van der Waals surface area contributed by atoms with E-state index < -0.39 is 6.04 Å². The molecule has 3 aromatic carbocycles. The Labute approximate surface area is 192 Å². The number of aromatic nitrogens is 2. The van der Waals surface area contributed by atoms with Gasteiger partial charge in [0.1, 0.15) is 6.04 Å². The van der Waals surface area contributed by atoms with Crippen molar-refractivity contribution >= 4 is 17.5 Å². The molecule has 0 spiro atoms. The molecule has 0 radical (unpaired) electrons. The molecule has 32 heavy (non-hydrogen) atoms. The van der Waals surface area contributed by atoms with Crippen molar-refractivity contribution in [2.75, 3.05) is 0 Å².